The van der Waals surface area contributed by atoms with E-state index >= 15 is 0 Å². The normalized spacial score (nSPS) is 25.0. The van der Waals surface area contributed by atoms with Gasteiger partial charge in [0.15, 0.2) is 0 Å². The molecule has 1 aliphatic carbocycles. The molecule has 2 unspecified atom stereocenters. The molecule has 0 fully saturated rings. The smallest absolute Gasteiger partial charge is 0.356 e. The molecule has 17 heavy (non-hydrogen) atoms. The average molecular weight is 262 g/mol. The minimum atomic E-state index is -3.23. The molecule has 0 bridgehead atoms. The third kappa shape index (κ3) is 4.55. The van der Waals surface area contributed by atoms with Crippen LogP contribution in [0.5, 0.6) is 0 Å². The minimum absolute atomic E-state index is 0.185. The Morgan fingerprint density at radius 2 is 2.06 bits per heavy atom. The highest BCUT2D eigenvalue weighted by molar-refractivity contribution is 7.53. The van der Waals surface area contributed by atoms with E-state index in [0.29, 0.717) is 6.42 Å². The number of rotatable bonds is 7. The largest absolute Gasteiger partial charge is 0.361 e. The fraction of sp³-hybridized carbons (Fsp3) is 0.800. The lowest BCUT2D eigenvalue weighted by atomic mass is 9.86. The second kappa shape index (κ2) is 6.69. The summed E-state index contributed by atoms with van der Waals surface area (Å²) in [6, 6.07) is 0. The Kier molecular flexibility index (Phi) is 5.87. The van der Waals surface area contributed by atoms with Crippen molar-refractivity contribution in [2.75, 3.05) is 19.6 Å². The molecule has 0 aromatic rings. The standard InChI is InChI=1S/C10H17BFO4P/c1-3-15-17(13,16-4-2)7-14-8-5-9(11)10(12)6-8/h6,8-9H,3-5,7H2,1-2H3. The zero-order valence-corrected chi connectivity index (χ0v) is 11.0. The van der Waals surface area contributed by atoms with Crippen molar-refractivity contribution < 1.29 is 22.7 Å². The molecular weight excluding hydrogens is 245 g/mol. The average Bonchev–Trinajstić information content (AvgIpc) is 2.57. The molecule has 2 atom stereocenters. The van der Waals surface area contributed by atoms with Gasteiger partial charge in [0.1, 0.15) is 6.35 Å². The first kappa shape index (κ1) is 14.9. The van der Waals surface area contributed by atoms with E-state index in [2.05, 4.69) is 0 Å². The highest BCUT2D eigenvalue weighted by Gasteiger charge is 2.29. The summed E-state index contributed by atoms with van der Waals surface area (Å²) in [6.45, 7) is 3.98. The van der Waals surface area contributed by atoms with Crippen LogP contribution >= 0.6 is 7.60 Å². The molecule has 0 heterocycles. The summed E-state index contributed by atoms with van der Waals surface area (Å²) in [5.41, 5.74) is 0. The molecule has 96 valence electrons. The highest BCUT2D eigenvalue weighted by atomic mass is 31.2. The second-order valence-corrected chi connectivity index (χ2v) is 5.67. The van der Waals surface area contributed by atoms with Gasteiger partial charge in [-0.3, -0.25) is 4.57 Å². The van der Waals surface area contributed by atoms with Gasteiger partial charge >= 0.3 is 7.60 Å². The molecule has 2 radical (unpaired) electrons. The molecule has 0 amide bonds. The number of halogens is 1. The zero-order valence-electron chi connectivity index (χ0n) is 10.1. The summed E-state index contributed by atoms with van der Waals surface area (Å²) >= 11 is 0. The first-order valence-corrected chi connectivity index (χ1v) is 7.36. The summed E-state index contributed by atoms with van der Waals surface area (Å²) in [5, 5.41) is 0. The number of hydrogen-bond donors (Lipinski definition) is 0. The first-order chi connectivity index (χ1) is 8.00. The Bertz CT molecular complexity index is 313. The molecule has 1 rings (SSSR count). The molecule has 1 aliphatic rings. The van der Waals surface area contributed by atoms with Crippen molar-refractivity contribution in [1.82, 2.24) is 0 Å². The maximum Gasteiger partial charge on any atom is 0.356 e. The number of allylic oxidation sites excluding steroid dienone is 1. The summed E-state index contributed by atoms with van der Waals surface area (Å²) in [7, 11) is 2.24. The number of ether oxygens (including phenoxy) is 1. The lowest BCUT2D eigenvalue weighted by Gasteiger charge is -2.19. The molecule has 4 nitrogen and oxygen atoms in total. The fourth-order valence-corrected chi connectivity index (χ4v) is 2.92. The molecule has 0 spiro atoms. The van der Waals surface area contributed by atoms with Crippen molar-refractivity contribution in [3.8, 4) is 0 Å². The van der Waals surface area contributed by atoms with Crippen molar-refractivity contribution >= 4 is 15.4 Å². The monoisotopic (exact) mass is 262 g/mol. The second-order valence-electron chi connectivity index (χ2n) is 3.67. The Balaban J connectivity index is 2.45. The van der Waals surface area contributed by atoms with Gasteiger partial charge < -0.3 is 13.8 Å². The van der Waals surface area contributed by atoms with Crippen molar-refractivity contribution in [2.45, 2.75) is 32.2 Å². The van der Waals surface area contributed by atoms with Crippen LogP contribution in [0.1, 0.15) is 20.3 Å². The van der Waals surface area contributed by atoms with E-state index < -0.39 is 25.3 Å². The van der Waals surface area contributed by atoms with Crippen LogP contribution in [0.25, 0.3) is 0 Å². The molecular formula is C10H17BFO4P. The first-order valence-electron chi connectivity index (χ1n) is 5.63. The minimum Gasteiger partial charge on any atom is -0.361 e. The van der Waals surface area contributed by atoms with E-state index in [0.717, 1.165) is 0 Å². The van der Waals surface area contributed by atoms with Crippen LogP contribution in [0, 0.1) is 0 Å². The summed E-state index contributed by atoms with van der Waals surface area (Å²) in [4.78, 5) is 0. The Hall–Kier alpha value is -0.155. The topological polar surface area (TPSA) is 44.8 Å². The lowest BCUT2D eigenvalue weighted by Crippen LogP contribution is -2.11. The van der Waals surface area contributed by atoms with Crippen LogP contribution in [-0.2, 0) is 18.3 Å². The summed E-state index contributed by atoms with van der Waals surface area (Å²) in [6.07, 6.45) is 1.01. The fourth-order valence-electron chi connectivity index (χ4n) is 1.54. The van der Waals surface area contributed by atoms with E-state index in [9.17, 15) is 8.96 Å². The van der Waals surface area contributed by atoms with Crippen LogP contribution < -0.4 is 0 Å². The molecule has 0 N–H and O–H groups in total. The molecule has 7 heteroatoms. The van der Waals surface area contributed by atoms with Gasteiger partial charge in [-0.25, -0.2) is 4.39 Å². The molecule has 0 saturated heterocycles. The highest BCUT2D eigenvalue weighted by Crippen LogP contribution is 2.48. The quantitative estimate of drug-likeness (QED) is 0.522. The van der Waals surface area contributed by atoms with Gasteiger partial charge in [0.25, 0.3) is 0 Å². The van der Waals surface area contributed by atoms with Gasteiger partial charge in [-0.15, -0.1) is 0 Å². The number of hydrogen-bond acceptors (Lipinski definition) is 4. The van der Waals surface area contributed by atoms with E-state index in [4.69, 9.17) is 21.6 Å². The SMILES string of the molecule is [B]C1CC(OCP(=O)(OCC)OCC)C=C1F. The Morgan fingerprint density at radius 1 is 1.47 bits per heavy atom. The predicted molar refractivity (Wildman–Crippen MR) is 63.9 cm³/mol. The van der Waals surface area contributed by atoms with E-state index in [1.807, 2.05) is 0 Å². The van der Waals surface area contributed by atoms with Crippen LogP contribution in [0.2, 0.25) is 5.82 Å². The lowest BCUT2D eigenvalue weighted by molar-refractivity contribution is 0.0944. The van der Waals surface area contributed by atoms with Gasteiger partial charge in [-0.2, -0.15) is 0 Å². The van der Waals surface area contributed by atoms with Gasteiger partial charge in [0.2, 0.25) is 0 Å². The Morgan fingerprint density at radius 3 is 2.47 bits per heavy atom. The van der Waals surface area contributed by atoms with E-state index in [1.165, 1.54) is 6.08 Å². The van der Waals surface area contributed by atoms with E-state index in [1.54, 1.807) is 13.8 Å². The van der Waals surface area contributed by atoms with Crippen LogP contribution in [0.3, 0.4) is 0 Å². The van der Waals surface area contributed by atoms with Crippen LogP contribution in [0.15, 0.2) is 11.9 Å². The van der Waals surface area contributed by atoms with Gasteiger partial charge in [0.05, 0.1) is 33.0 Å². The molecule has 0 saturated carbocycles. The summed E-state index contributed by atoms with van der Waals surface area (Å²) < 4.78 is 40.4. The maximum atomic E-state index is 13.0. The van der Waals surface area contributed by atoms with Gasteiger partial charge in [-0.05, 0) is 32.2 Å². The molecule has 0 aromatic carbocycles. The van der Waals surface area contributed by atoms with Crippen LogP contribution in [0.4, 0.5) is 4.39 Å². The molecule has 0 aromatic heterocycles. The Labute approximate surface area is 102 Å². The van der Waals surface area contributed by atoms with Gasteiger partial charge in [0, 0.05) is 0 Å². The van der Waals surface area contributed by atoms with Crippen molar-refractivity contribution in [3.63, 3.8) is 0 Å². The maximum absolute atomic E-state index is 13.0. The van der Waals surface area contributed by atoms with Crippen molar-refractivity contribution in [2.24, 2.45) is 0 Å². The third-order valence-electron chi connectivity index (χ3n) is 2.28. The van der Waals surface area contributed by atoms with Crippen molar-refractivity contribution in [1.29, 1.82) is 0 Å². The third-order valence-corrected chi connectivity index (χ3v) is 4.05. The zero-order chi connectivity index (χ0) is 12.9. The van der Waals surface area contributed by atoms with E-state index in [-0.39, 0.29) is 19.6 Å². The van der Waals surface area contributed by atoms with Gasteiger partial charge in [-0.1, -0.05) is 0 Å². The summed E-state index contributed by atoms with van der Waals surface area (Å²) in [5.74, 6) is -1.02. The molecule has 0 aliphatic heterocycles. The van der Waals surface area contributed by atoms with Crippen LogP contribution in [-0.4, -0.2) is 33.5 Å². The predicted octanol–water partition coefficient (Wildman–Crippen LogP) is 2.81. The van der Waals surface area contributed by atoms with Crippen molar-refractivity contribution in [3.05, 3.63) is 11.9 Å².